The van der Waals surface area contributed by atoms with Gasteiger partial charge in [0.2, 0.25) is 5.95 Å². The van der Waals surface area contributed by atoms with Crippen molar-refractivity contribution < 1.29 is 0 Å². The Hall–Kier alpha value is -3.41. The van der Waals surface area contributed by atoms with Gasteiger partial charge in [-0.15, -0.1) is 0 Å². The minimum Gasteiger partial charge on any atom is -0.368 e. The lowest BCUT2D eigenvalue weighted by Gasteiger charge is -2.14. The van der Waals surface area contributed by atoms with Crippen molar-refractivity contribution in [1.82, 2.24) is 19.5 Å². The van der Waals surface area contributed by atoms with Gasteiger partial charge in [-0.3, -0.25) is 4.98 Å². The summed E-state index contributed by atoms with van der Waals surface area (Å²) < 4.78 is 2.16. The van der Waals surface area contributed by atoms with Gasteiger partial charge in [0.05, 0.1) is 11.2 Å². The van der Waals surface area contributed by atoms with E-state index >= 15 is 0 Å². The molecule has 0 aliphatic heterocycles. The fourth-order valence-corrected chi connectivity index (χ4v) is 3.98. The van der Waals surface area contributed by atoms with Crippen molar-refractivity contribution >= 4 is 28.4 Å². The molecule has 0 bridgehead atoms. The second kappa shape index (κ2) is 6.96. The molecule has 0 fully saturated rings. The first-order valence-corrected chi connectivity index (χ1v) is 9.72. The van der Waals surface area contributed by atoms with Crippen LogP contribution in [-0.4, -0.2) is 19.5 Å². The SMILES string of the molecule is Nc1nc2c(c(Nc3ccc4c(ccn4-c4ccncc4)c3)n1)CCCCC2. The van der Waals surface area contributed by atoms with Crippen LogP contribution in [0.4, 0.5) is 17.5 Å². The van der Waals surface area contributed by atoms with Gasteiger partial charge in [0.25, 0.3) is 0 Å². The van der Waals surface area contributed by atoms with E-state index in [1.807, 2.05) is 24.5 Å². The van der Waals surface area contributed by atoms with Gasteiger partial charge in [0, 0.05) is 40.9 Å². The van der Waals surface area contributed by atoms with Crippen molar-refractivity contribution in [2.75, 3.05) is 11.1 Å². The van der Waals surface area contributed by atoms with Gasteiger partial charge in [-0.05, 0) is 62.1 Å². The molecule has 6 nitrogen and oxygen atoms in total. The monoisotopic (exact) mass is 370 g/mol. The van der Waals surface area contributed by atoms with Crippen molar-refractivity contribution in [2.24, 2.45) is 0 Å². The summed E-state index contributed by atoms with van der Waals surface area (Å²) in [5, 5.41) is 4.65. The van der Waals surface area contributed by atoms with E-state index in [0.29, 0.717) is 5.95 Å². The molecule has 3 N–H and O–H groups in total. The largest absolute Gasteiger partial charge is 0.368 e. The van der Waals surface area contributed by atoms with E-state index in [0.717, 1.165) is 53.1 Å². The summed E-state index contributed by atoms with van der Waals surface area (Å²) in [5.41, 5.74) is 11.5. The smallest absolute Gasteiger partial charge is 0.222 e. The number of nitrogens with one attached hydrogen (secondary N) is 1. The number of nitrogens with two attached hydrogens (primary N) is 1. The van der Waals surface area contributed by atoms with Gasteiger partial charge in [-0.25, -0.2) is 4.98 Å². The summed E-state index contributed by atoms with van der Waals surface area (Å²) in [7, 11) is 0. The van der Waals surface area contributed by atoms with Crippen molar-refractivity contribution in [1.29, 1.82) is 0 Å². The molecule has 1 aliphatic rings. The van der Waals surface area contributed by atoms with Crippen LogP contribution < -0.4 is 11.1 Å². The Morgan fingerprint density at radius 2 is 1.79 bits per heavy atom. The molecule has 0 amide bonds. The van der Waals surface area contributed by atoms with Gasteiger partial charge in [-0.2, -0.15) is 4.98 Å². The number of aryl methyl sites for hydroxylation is 1. The molecule has 140 valence electrons. The Bertz CT molecular complexity index is 1130. The lowest BCUT2D eigenvalue weighted by Crippen LogP contribution is -2.08. The maximum Gasteiger partial charge on any atom is 0.222 e. The van der Waals surface area contributed by atoms with E-state index in [1.165, 1.54) is 18.4 Å². The number of hydrogen-bond donors (Lipinski definition) is 2. The van der Waals surface area contributed by atoms with Crippen molar-refractivity contribution in [3.8, 4) is 5.69 Å². The molecule has 1 aromatic carbocycles. The van der Waals surface area contributed by atoms with Crippen molar-refractivity contribution in [2.45, 2.75) is 32.1 Å². The number of pyridine rings is 1. The zero-order chi connectivity index (χ0) is 18.9. The van der Waals surface area contributed by atoms with Crippen LogP contribution in [0.15, 0.2) is 55.0 Å². The second-order valence-corrected chi connectivity index (χ2v) is 7.21. The predicted octanol–water partition coefficient (Wildman–Crippen LogP) is 4.41. The fraction of sp³-hybridized carbons (Fsp3) is 0.227. The van der Waals surface area contributed by atoms with Crippen LogP contribution in [0.5, 0.6) is 0 Å². The third-order valence-corrected chi connectivity index (χ3v) is 5.34. The lowest BCUT2D eigenvalue weighted by atomic mass is 10.1. The molecule has 0 saturated heterocycles. The first-order chi connectivity index (χ1) is 13.8. The van der Waals surface area contributed by atoms with Gasteiger partial charge in [-0.1, -0.05) is 6.42 Å². The molecular weight excluding hydrogens is 348 g/mol. The molecule has 3 aromatic heterocycles. The molecular formula is C22H22N6. The number of benzene rings is 1. The Morgan fingerprint density at radius 1 is 0.929 bits per heavy atom. The summed E-state index contributed by atoms with van der Waals surface area (Å²) >= 11 is 0. The number of nitrogen functional groups attached to an aromatic ring is 1. The molecule has 0 unspecified atom stereocenters. The highest BCUT2D eigenvalue weighted by Crippen LogP contribution is 2.29. The fourth-order valence-electron chi connectivity index (χ4n) is 3.98. The molecule has 1 aliphatic carbocycles. The zero-order valence-electron chi connectivity index (χ0n) is 15.6. The topological polar surface area (TPSA) is 81.6 Å². The predicted molar refractivity (Wildman–Crippen MR) is 112 cm³/mol. The van der Waals surface area contributed by atoms with Crippen LogP contribution in [0.3, 0.4) is 0 Å². The number of anilines is 3. The molecule has 6 heteroatoms. The van der Waals surface area contributed by atoms with E-state index in [-0.39, 0.29) is 0 Å². The number of fused-ring (bicyclic) bond motifs is 2. The van der Waals surface area contributed by atoms with Crippen LogP contribution in [0.1, 0.15) is 30.5 Å². The normalized spacial score (nSPS) is 13.9. The highest BCUT2D eigenvalue weighted by molar-refractivity contribution is 5.86. The minimum atomic E-state index is 0.341. The number of hydrogen-bond acceptors (Lipinski definition) is 5. The molecule has 5 rings (SSSR count). The molecule has 3 heterocycles. The summed E-state index contributed by atoms with van der Waals surface area (Å²) in [6.45, 7) is 0. The van der Waals surface area contributed by atoms with Crippen molar-refractivity contribution in [3.63, 3.8) is 0 Å². The molecule has 4 aromatic rings. The first-order valence-electron chi connectivity index (χ1n) is 9.72. The van der Waals surface area contributed by atoms with E-state index < -0.39 is 0 Å². The standard InChI is InChI=1S/C22H22N6/c23-22-26-19-5-3-1-2-4-18(19)21(27-22)25-16-6-7-20-15(14-16)10-13-28(20)17-8-11-24-12-9-17/h6-14H,1-5H2,(H3,23,25,26,27). The summed E-state index contributed by atoms with van der Waals surface area (Å²) in [5.74, 6) is 1.19. The lowest BCUT2D eigenvalue weighted by molar-refractivity contribution is 0.709. The van der Waals surface area contributed by atoms with Gasteiger partial charge >= 0.3 is 0 Å². The summed E-state index contributed by atoms with van der Waals surface area (Å²) in [6, 6.07) is 12.5. The maximum absolute atomic E-state index is 5.97. The van der Waals surface area contributed by atoms with Crippen molar-refractivity contribution in [3.05, 3.63) is 66.2 Å². The Morgan fingerprint density at radius 3 is 2.68 bits per heavy atom. The van der Waals surface area contributed by atoms with E-state index in [9.17, 15) is 0 Å². The Balaban J connectivity index is 1.51. The second-order valence-electron chi connectivity index (χ2n) is 7.21. The molecule has 28 heavy (non-hydrogen) atoms. The number of aromatic nitrogens is 4. The average Bonchev–Trinajstić information content (AvgIpc) is 2.98. The maximum atomic E-state index is 5.97. The van der Waals surface area contributed by atoms with Gasteiger partial charge in [0.1, 0.15) is 5.82 Å². The highest BCUT2D eigenvalue weighted by Gasteiger charge is 2.16. The first kappa shape index (κ1) is 16.7. The van der Waals surface area contributed by atoms with Gasteiger partial charge in [0.15, 0.2) is 0 Å². The number of rotatable bonds is 3. The summed E-state index contributed by atoms with van der Waals surface area (Å²) in [4.78, 5) is 13.1. The van der Waals surface area contributed by atoms with Crippen LogP contribution >= 0.6 is 0 Å². The zero-order valence-corrected chi connectivity index (χ0v) is 15.6. The minimum absolute atomic E-state index is 0.341. The third-order valence-electron chi connectivity index (χ3n) is 5.34. The molecule has 0 saturated carbocycles. The third kappa shape index (κ3) is 3.07. The van der Waals surface area contributed by atoms with E-state index in [4.69, 9.17) is 5.73 Å². The van der Waals surface area contributed by atoms with Crippen LogP contribution in [0.25, 0.3) is 16.6 Å². The molecule has 0 spiro atoms. The summed E-state index contributed by atoms with van der Waals surface area (Å²) in [6.07, 6.45) is 11.2. The van der Waals surface area contributed by atoms with E-state index in [2.05, 4.69) is 55.3 Å². The number of nitrogens with zero attached hydrogens (tertiary/aromatic N) is 4. The molecule has 0 radical (unpaired) electrons. The van der Waals surface area contributed by atoms with Gasteiger partial charge < -0.3 is 15.6 Å². The van der Waals surface area contributed by atoms with Crippen LogP contribution in [-0.2, 0) is 12.8 Å². The van der Waals surface area contributed by atoms with E-state index in [1.54, 1.807) is 0 Å². The Labute approximate surface area is 163 Å². The molecule has 0 atom stereocenters. The highest BCUT2D eigenvalue weighted by atomic mass is 15.1. The van der Waals surface area contributed by atoms with Crippen LogP contribution in [0, 0.1) is 0 Å². The average molecular weight is 370 g/mol. The quantitative estimate of drug-likeness (QED) is 0.522. The Kier molecular flexibility index (Phi) is 4.16. The van der Waals surface area contributed by atoms with Crippen LogP contribution in [0.2, 0.25) is 0 Å².